The van der Waals surface area contributed by atoms with Gasteiger partial charge in [0.05, 0.1) is 6.61 Å². The Labute approximate surface area is 149 Å². The lowest BCUT2D eigenvalue weighted by Crippen LogP contribution is -2.21. The van der Waals surface area contributed by atoms with Gasteiger partial charge in [-0.1, -0.05) is 18.2 Å². The molecule has 0 aliphatic carbocycles. The topological polar surface area (TPSA) is 94.6 Å². The summed E-state index contributed by atoms with van der Waals surface area (Å²) in [6.07, 6.45) is 2.79. The highest BCUT2D eigenvalue weighted by molar-refractivity contribution is 6.35. The number of carbonyl (C=O) groups excluding carboxylic acids is 1. The molecule has 0 saturated heterocycles. The molecule has 0 saturated carbocycles. The van der Waals surface area contributed by atoms with Crippen LogP contribution in [0.3, 0.4) is 0 Å². The molecule has 1 aliphatic heterocycles. The number of aromatic nitrogens is 1. The molecule has 6 nitrogen and oxygen atoms in total. The number of H-pyrrole nitrogens is 1. The predicted octanol–water partition coefficient (Wildman–Crippen LogP) is 2.39. The number of nitrogens with one attached hydrogen (secondary N) is 2. The zero-order valence-electron chi connectivity index (χ0n) is 13.9. The summed E-state index contributed by atoms with van der Waals surface area (Å²) in [7, 11) is 0. The van der Waals surface area contributed by atoms with Crippen LogP contribution in [0.1, 0.15) is 11.1 Å². The summed E-state index contributed by atoms with van der Waals surface area (Å²) in [6.45, 7) is -0.380. The molecule has 0 radical (unpaired) electrons. The van der Waals surface area contributed by atoms with E-state index in [1.54, 1.807) is 18.2 Å². The maximum atomic E-state index is 12.4. The molecule has 0 bridgehead atoms. The molecule has 0 fully saturated rings. The van der Waals surface area contributed by atoms with Crippen LogP contribution in [0.5, 0.6) is 5.75 Å². The van der Waals surface area contributed by atoms with E-state index in [-0.39, 0.29) is 19.1 Å². The first kappa shape index (κ1) is 16.4. The van der Waals surface area contributed by atoms with Gasteiger partial charge in [-0.25, -0.2) is 0 Å². The second kappa shape index (κ2) is 6.67. The highest BCUT2D eigenvalue weighted by Gasteiger charge is 2.25. The second-order valence-electron chi connectivity index (χ2n) is 6.16. The number of aromatic amines is 1. The molecule has 3 aromatic rings. The predicted molar refractivity (Wildman–Crippen MR) is 99.8 cm³/mol. The summed E-state index contributed by atoms with van der Waals surface area (Å²) in [6, 6.07) is 13.1. The Bertz CT molecular complexity index is 1010. The average molecular weight is 350 g/mol. The Balaban J connectivity index is 1.69. The Morgan fingerprint density at radius 2 is 2.04 bits per heavy atom. The van der Waals surface area contributed by atoms with Gasteiger partial charge in [0.25, 0.3) is 5.91 Å². The third kappa shape index (κ3) is 2.96. The van der Waals surface area contributed by atoms with E-state index >= 15 is 0 Å². The maximum Gasteiger partial charge on any atom is 0.256 e. The number of aliphatic hydroxyl groups excluding tert-OH is 2. The van der Waals surface area contributed by atoms with Crippen molar-refractivity contribution >= 4 is 34.1 Å². The van der Waals surface area contributed by atoms with Gasteiger partial charge in [0, 0.05) is 39.5 Å². The summed E-state index contributed by atoms with van der Waals surface area (Å²) >= 11 is 0. The molecule has 1 amide bonds. The van der Waals surface area contributed by atoms with Crippen LogP contribution < -0.4 is 10.1 Å². The summed E-state index contributed by atoms with van der Waals surface area (Å²) in [5.74, 6) is 0.357. The molecular formula is C20H18N2O4. The van der Waals surface area contributed by atoms with Crippen molar-refractivity contribution in [3.63, 3.8) is 0 Å². The lowest BCUT2D eigenvalue weighted by Gasteiger charge is -2.10. The number of hydrogen-bond acceptors (Lipinski definition) is 4. The summed E-state index contributed by atoms with van der Waals surface area (Å²) in [5.41, 5.74) is 3.96. The summed E-state index contributed by atoms with van der Waals surface area (Å²) in [5, 5.41) is 22.2. The third-order valence-corrected chi connectivity index (χ3v) is 4.35. The van der Waals surface area contributed by atoms with Gasteiger partial charge >= 0.3 is 0 Å². The summed E-state index contributed by atoms with van der Waals surface area (Å²) < 4.78 is 5.49. The van der Waals surface area contributed by atoms with Crippen molar-refractivity contribution in [3.8, 4) is 5.75 Å². The maximum absolute atomic E-state index is 12.4. The highest BCUT2D eigenvalue weighted by atomic mass is 16.5. The van der Waals surface area contributed by atoms with Crippen molar-refractivity contribution in [1.29, 1.82) is 0 Å². The van der Waals surface area contributed by atoms with Crippen LogP contribution in [0.15, 0.2) is 48.7 Å². The van der Waals surface area contributed by atoms with E-state index in [0.717, 1.165) is 27.7 Å². The fraction of sp³-hybridized carbons (Fsp3) is 0.150. The lowest BCUT2D eigenvalue weighted by molar-refractivity contribution is -0.110. The van der Waals surface area contributed by atoms with E-state index < -0.39 is 6.10 Å². The van der Waals surface area contributed by atoms with Crippen LogP contribution in [0.2, 0.25) is 0 Å². The van der Waals surface area contributed by atoms with Gasteiger partial charge in [0.15, 0.2) is 0 Å². The summed E-state index contributed by atoms with van der Waals surface area (Å²) in [4.78, 5) is 15.6. The highest BCUT2D eigenvalue weighted by Crippen LogP contribution is 2.36. The molecule has 1 atom stereocenters. The molecule has 4 rings (SSSR count). The smallest absolute Gasteiger partial charge is 0.256 e. The SMILES string of the molecule is O=C1Nc2ccc(OCC(O)CO)cc2C1=Cc1c[nH]c2ccccc12. The van der Waals surface area contributed by atoms with Gasteiger partial charge in [0.2, 0.25) is 0 Å². The minimum absolute atomic E-state index is 0.0157. The zero-order chi connectivity index (χ0) is 18.1. The standard InChI is InChI=1S/C20H18N2O4/c23-10-13(24)11-26-14-5-6-19-16(8-14)17(20(25)22-19)7-12-9-21-18-4-2-1-3-15(12)18/h1-9,13,21,23-24H,10-11H2,(H,22,25). The van der Waals surface area contributed by atoms with Crippen LogP contribution in [0, 0.1) is 0 Å². The lowest BCUT2D eigenvalue weighted by atomic mass is 10.0. The van der Waals surface area contributed by atoms with Crippen molar-refractivity contribution in [2.45, 2.75) is 6.10 Å². The van der Waals surface area contributed by atoms with Crippen molar-refractivity contribution in [3.05, 3.63) is 59.8 Å². The fourth-order valence-corrected chi connectivity index (χ4v) is 3.01. The largest absolute Gasteiger partial charge is 0.491 e. The minimum Gasteiger partial charge on any atom is -0.491 e. The van der Waals surface area contributed by atoms with Crippen LogP contribution in [0.4, 0.5) is 5.69 Å². The molecule has 1 aromatic heterocycles. The van der Waals surface area contributed by atoms with E-state index in [2.05, 4.69) is 10.3 Å². The van der Waals surface area contributed by atoms with Gasteiger partial charge in [-0.15, -0.1) is 0 Å². The van der Waals surface area contributed by atoms with Crippen LogP contribution in [-0.4, -0.2) is 40.4 Å². The molecule has 1 unspecified atom stereocenters. The van der Waals surface area contributed by atoms with Gasteiger partial charge in [-0.2, -0.15) is 0 Å². The van der Waals surface area contributed by atoms with E-state index in [4.69, 9.17) is 9.84 Å². The van der Waals surface area contributed by atoms with Crippen molar-refractivity contribution in [2.24, 2.45) is 0 Å². The second-order valence-corrected chi connectivity index (χ2v) is 6.16. The van der Waals surface area contributed by atoms with E-state index in [9.17, 15) is 9.90 Å². The number of hydrogen-bond donors (Lipinski definition) is 4. The van der Waals surface area contributed by atoms with E-state index in [1.165, 1.54) is 0 Å². The third-order valence-electron chi connectivity index (χ3n) is 4.35. The van der Waals surface area contributed by atoms with Gasteiger partial charge in [-0.05, 0) is 30.3 Å². The van der Waals surface area contributed by atoms with Crippen molar-refractivity contribution < 1.29 is 19.7 Å². The van der Waals surface area contributed by atoms with E-state index in [1.807, 2.05) is 36.5 Å². The van der Waals surface area contributed by atoms with Crippen LogP contribution in [0.25, 0.3) is 22.6 Å². The molecule has 26 heavy (non-hydrogen) atoms. The molecule has 6 heteroatoms. The number of amides is 1. The molecule has 132 valence electrons. The number of benzene rings is 2. The van der Waals surface area contributed by atoms with Crippen LogP contribution in [-0.2, 0) is 4.79 Å². The Kier molecular flexibility index (Phi) is 4.20. The number of fused-ring (bicyclic) bond motifs is 2. The Morgan fingerprint density at radius 3 is 2.88 bits per heavy atom. The average Bonchev–Trinajstić information content (AvgIpc) is 3.21. The van der Waals surface area contributed by atoms with Gasteiger partial charge in [-0.3, -0.25) is 4.79 Å². The fourth-order valence-electron chi connectivity index (χ4n) is 3.01. The number of ether oxygens (including phenoxy) is 1. The number of anilines is 1. The van der Waals surface area contributed by atoms with E-state index in [0.29, 0.717) is 11.3 Å². The molecule has 2 aromatic carbocycles. The Morgan fingerprint density at radius 1 is 1.19 bits per heavy atom. The Hall–Kier alpha value is -3.09. The number of rotatable bonds is 5. The molecular weight excluding hydrogens is 332 g/mol. The molecule has 2 heterocycles. The number of para-hydroxylation sites is 1. The zero-order valence-corrected chi connectivity index (χ0v) is 13.9. The van der Waals surface area contributed by atoms with Gasteiger partial charge in [0.1, 0.15) is 18.5 Å². The van der Waals surface area contributed by atoms with Crippen LogP contribution >= 0.6 is 0 Å². The molecule has 4 N–H and O–H groups in total. The first-order chi connectivity index (χ1) is 12.7. The van der Waals surface area contributed by atoms with Gasteiger partial charge < -0.3 is 25.3 Å². The van der Waals surface area contributed by atoms with Crippen molar-refractivity contribution in [2.75, 3.05) is 18.5 Å². The first-order valence-electron chi connectivity index (χ1n) is 8.31. The number of aliphatic hydroxyl groups is 2. The quantitative estimate of drug-likeness (QED) is 0.532. The minimum atomic E-state index is -0.941. The van der Waals surface area contributed by atoms with Crippen molar-refractivity contribution in [1.82, 2.24) is 4.98 Å². The normalized spacial score (nSPS) is 15.9. The number of carbonyl (C=O) groups is 1. The first-order valence-corrected chi connectivity index (χ1v) is 8.31. The monoisotopic (exact) mass is 350 g/mol. The molecule has 0 spiro atoms. The molecule has 1 aliphatic rings.